The number of rotatable bonds is 6. The van der Waals surface area contributed by atoms with E-state index in [4.69, 9.17) is 44.6 Å². The third-order valence-electron chi connectivity index (χ3n) is 4.13. The molecule has 2 unspecified atom stereocenters. The van der Waals surface area contributed by atoms with E-state index in [9.17, 15) is 14.4 Å². The van der Waals surface area contributed by atoms with Crippen molar-refractivity contribution in [2.75, 3.05) is 6.61 Å². The lowest BCUT2D eigenvalue weighted by Crippen LogP contribution is -2.23. The normalized spacial score (nSPS) is 13.2. The molecule has 1 aromatic rings. The number of hydrogen-bond acceptors (Lipinski definition) is 5. The number of aliphatic carboxylic acids is 1. The van der Waals surface area contributed by atoms with Crippen molar-refractivity contribution in [1.82, 2.24) is 0 Å². The molecule has 1 rings (SSSR count). The maximum Gasteiger partial charge on any atom is 0.422 e. The van der Waals surface area contributed by atoms with Crippen LogP contribution in [0.2, 0.25) is 15.1 Å². The number of halogens is 3. The van der Waals surface area contributed by atoms with Crippen molar-refractivity contribution in [1.29, 1.82) is 0 Å². The van der Waals surface area contributed by atoms with Gasteiger partial charge in [0.1, 0.15) is 5.56 Å². The summed E-state index contributed by atoms with van der Waals surface area (Å²) < 4.78 is 9.93. The van der Waals surface area contributed by atoms with E-state index >= 15 is 0 Å². The molecule has 144 valence electrons. The molecule has 1 N–H and O–H groups in total. The van der Waals surface area contributed by atoms with Gasteiger partial charge >= 0.3 is 17.9 Å². The lowest BCUT2D eigenvalue weighted by atomic mass is 9.87. The molecule has 0 aromatic heterocycles. The monoisotopic (exact) mass is 424 g/mol. The minimum atomic E-state index is -1.86. The van der Waals surface area contributed by atoms with Crippen molar-refractivity contribution in [3.05, 3.63) is 26.7 Å². The average molecular weight is 426 g/mol. The van der Waals surface area contributed by atoms with Gasteiger partial charge in [0.2, 0.25) is 0 Å². The number of esters is 2. The van der Waals surface area contributed by atoms with Gasteiger partial charge in [-0.3, -0.25) is 0 Å². The molecule has 0 heterocycles. The summed E-state index contributed by atoms with van der Waals surface area (Å²) >= 11 is 17.9. The first-order valence-corrected chi connectivity index (χ1v) is 8.90. The Morgan fingerprint density at radius 3 is 2.15 bits per heavy atom. The van der Waals surface area contributed by atoms with E-state index in [1.807, 2.05) is 13.8 Å². The van der Waals surface area contributed by atoms with Crippen LogP contribution >= 0.6 is 34.8 Å². The molecular formula is C17H19Cl3O6. The molecule has 0 amide bonds. The summed E-state index contributed by atoms with van der Waals surface area (Å²) in [6, 6.07) is 1.14. The number of ether oxygens (including phenoxy) is 2. The van der Waals surface area contributed by atoms with Crippen molar-refractivity contribution in [2.24, 2.45) is 17.8 Å². The smallest absolute Gasteiger partial charge is 0.422 e. The summed E-state index contributed by atoms with van der Waals surface area (Å²) in [4.78, 5) is 34.5. The SMILES string of the molecule is CC(C)C(C)C(C)COC(=O)c1c(Cl)c(Cl)cc(Cl)c1OC(=O)C(=O)O. The number of hydrogen-bond donors (Lipinski definition) is 1. The summed E-state index contributed by atoms with van der Waals surface area (Å²) in [5, 5.41) is 8.12. The Bertz CT molecular complexity index is 717. The fourth-order valence-corrected chi connectivity index (χ4v) is 2.80. The predicted molar refractivity (Wildman–Crippen MR) is 98.2 cm³/mol. The van der Waals surface area contributed by atoms with Crippen LogP contribution in [-0.2, 0) is 14.3 Å². The van der Waals surface area contributed by atoms with E-state index in [-0.39, 0.29) is 33.5 Å². The molecule has 0 bridgehead atoms. The molecule has 2 atom stereocenters. The second-order valence-electron chi connectivity index (χ2n) is 6.23. The third-order valence-corrected chi connectivity index (χ3v) is 5.19. The maximum absolute atomic E-state index is 12.5. The molecule has 0 radical (unpaired) electrons. The molecule has 0 aliphatic rings. The summed E-state index contributed by atoms with van der Waals surface area (Å²) in [6.07, 6.45) is 0. The minimum absolute atomic E-state index is 0.0531. The molecule has 0 aliphatic carbocycles. The van der Waals surface area contributed by atoms with E-state index in [0.717, 1.165) is 6.07 Å². The third kappa shape index (κ3) is 5.50. The van der Waals surface area contributed by atoms with Crippen LogP contribution in [0.25, 0.3) is 0 Å². The standard InChI is InChI=1S/C17H19Cl3O6/c1-7(2)9(4)8(3)6-25-16(23)12-13(20)10(18)5-11(19)14(12)26-17(24)15(21)22/h5,7-9H,6H2,1-4H3,(H,21,22). The molecular weight excluding hydrogens is 407 g/mol. The molecule has 9 heteroatoms. The van der Waals surface area contributed by atoms with Gasteiger partial charge in [-0.1, -0.05) is 62.5 Å². The highest BCUT2D eigenvalue weighted by Crippen LogP contribution is 2.40. The van der Waals surface area contributed by atoms with E-state index in [2.05, 4.69) is 18.6 Å². The van der Waals surface area contributed by atoms with Crippen LogP contribution in [-0.4, -0.2) is 29.6 Å². The van der Waals surface area contributed by atoms with Crippen molar-refractivity contribution >= 4 is 52.7 Å². The zero-order chi connectivity index (χ0) is 20.2. The van der Waals surface area contributed by atoms with Crippen LogP contribution in [0.4, 0.5) is 0 Å². The molecule has 0 spiro atoms. The number of carboxylic acid groups (broad SMARTS) is 1. The van der Waals surface area contributed by atoms with Gasteiger partial charge in [-0.2, -0.15) is 0 Å². The van der Waals surface area contributed by atoms with Crippen LogP contribution in [0.1, 0.15) is 38.1 Å². The minimum Gasteiger partial charge on any atom is -0.473 e. The Hall–Kier alpha value is -1.50. The van der Waals surface area contributed by atoms with Crippen molar-refractivity contribution < 1.29 is 29.0 Å². The lowest BCUT2D eigenvalue weighted by Gasteiger charge is -2.23. The summed E-state index contributed by atoms with van der Waals surface area (Å²) in [5.74, 6) is -4.19. The van der Waals surface area contributed by atoms with Gasteiger partial charge in [-0.15, -0.1) is 0 Å². The quantitative estimate of drug-likeness (QED) is 0.307. The molecule has 0 aliphatic heterocycles. The fraction of sp³-hybridized carbons (Fsp3) is 0.471. The Labute approximate surface area is 166 Å². The molecule has 6 nitrogen and oxygen atoms in total. The zero-order valence-electron chi connectivity index (χ0n) is 14.6. The van der Waals surface area contributed by atoms with Gasteiger partial charge in [0, 0.05) is 0 Å². The van der Waals surface area contributed by atoms with Gasteiger partial charge in [-0.05, 0) is 23.8 Å². The van der Waals surface area contributed by atoms with Gasteiger partial charge in [0.05, 0.1) is 21.7 Å². The largest absolute Gasteiger partial charge is 0.473 e. The highest BCUT2D eigenvalue weighted by Gasteiger charge is 2.28. The predicted octanol–water partition coefficient (Wildman–Crippen LogP) is 4.72. The second kappa shape index (κ2) is 9.44. The second-order valence-corrected chi connectivity index (χ2v) is 7.42. The average Bonchev–Trinajstić information content (AvgIpc) is 2.56. The van der Waals surface area contributed by atoms with Gasteiger partial charge in [-0.25, -0.2) is 14.4 Å². The Morgan fingerprint density at radius 2 is 1.65 bits per heavy atom. The first-order chi connectivity index (χ1) is 12.0. The number of carbonyl (C=O) groups is 3. The molecule has 26 heavy (non-hydrogen) atoms. The van der Waals surface area contributed by atoms with Crippen molar-refractivity contribution in [3.63, 3.8) is 0 Å². The molecule has 0 fully saturated rings. The van der Waals surface area contributed by atoms with Crippen LogP contribution in [0.3, 0.4) is 0 Å². The number of carboxylic acids is 1. The Balaban J connectivity index is 3.14. The van der Waals surface area contributed by atoms with Gasteiger partial charge < -0.3 is 14.6 Å². The van der Waals surface area contributed by atoms with E-state index < -0.39 is 29.2 Å². The van der Waals surface area contributed by atoms with Crippen molar-refractivity contribution in [3.8, 4) is 5.75 Å². The van der Waals surface area contributed by atoms with Crippen LogP contribution in [0.15, 0.2) is 6.07 Å². The molecule has 0 saturated heterocycles. The summed E-state index contributed by atoms with van der Waals surface area (Å²) in [6.45, 7) is 8.16. The summed E-state index contributed by atoms with van der Waals surface area (Å²) in [5.41, 5.74) is -0.400. The van der Waals surface area contributed by atoms with Gasteiger partial charge in [0.25, 0.3) is 0 Å². The first kappa shape index (κ1) is 22.5. The van der Waals surface area contributed by atoms with E-state index in [1.54, 1.807) is 0 Å². The van der Waals surface area contributed by atoms with Gasteiger partial charge in [0.15, 0.2) is 5.75 Å². The van der Waals surface area contributed by atoms with E-state index in [1.165, 1.54) is 0 Å². The fourth-order valence-electron chi connectivity index (χ4n) is 2.09. The Morgan fingerprint density at radius 1 is 1.08 bits per heavy atom. The lowest BCUT2D eigenvalue weighted by molar-refractivity contribution is -0.158. The zero-order valence-corrected chi connectivity index (χ0v) is 16.9. The van der Waals surface area contributed by atoms with Crippen LogP contribution < -0.4 is 4.74 Å². The highest BCUT2D eigenvalue weighted by atomic mass is 35.5. The summed E-state index contributed by atoms with van der Waals surface area (Å²) in [7, 11) is 0. The van der Waals surface area contributed by atoms with Crippen LogP contribution in [0.5, 0.6) is 5.75 Å². The maximum atomic E-state index is 12.5. The number of benzene rings is 1. The van der Waals surface area contributed by atoms with E-state index in [0.29, 0.717) is 5.92 Å². The molecule has 1 aromatic carbocycles. The van der Waals surface area contributed by atoms with Crippen molar-refractivity contribution in [2.45, 2.75) is 27.7 Å². The number of carbonyl (C=O) groups excluding carboxylic acids is 2. The molecule has 0 saturated carbocycles. The van der Waals surface area contributed by atoms with Crippen LogP contribution in [0, 0.1) is 17.8 Å². The highest BCUT2D eigenvalue weighted by molar-refractivity contribution is 6.46. The first-order valence-electron chi connectivity index (χ1n) is 7.77. The Kier molecular flexibility index (Phi) is 8.18. The topological polar surface area (TPSA) is 89.9 Å².